The second-order valence-corrected chi connectivity index (χ2v) is 9.11. The molecule has 0 fully saturated rings. The molecule has 3 unspecified atom stereocenters. The molecule has 0 N–H and O–H groups in total. The Bertz CT molecular complexity index is 402. The molecule has 0 radical (unpaired) electrons. The van der Waals surface area contributed by atoms with Crippen LogP contribution in [0.1, 0.15) is 80.6 Å². The first-order chi connectivity index (χ1) is 10.2. The van der Waals surface area contributed by atoms with Gasteiger partial charge in [-0.25, -0.2) is 0 Å². The minimum Gasteiger partial charge on any atom is -0.171 e. The summed E-state index contributed by atoms with van der Waals surface area (Å²) in [6.07, 6.45) is 11.3. The number of hydrogen-bond acceptors (Lipinski definition) is 1. The highest BCUT2D eigenvalue weighted by molar-refractivity contribution is 7.81. The fraction of sp³-hybridized carbons (Fsp3) is 0.810. The van der Waals surface area contributed by atoms with Crippen molar-refractivity contribution < 1.29 is 0 Å². The van der Waals surface area contributed by atoms with Gasteiger partial charge in [0.05, 0.1) is 0 Å². The van der Waals surface area contributed by atoms with E-state index in [0.717, 1.165) is 17.8 Å². The monoisotopic (exact) mass is 322 g/mol. The van der Waals surface area contributed by atoms with Gasteiger partial charge in [-0.15, -0.1) is 0 Å². The van der Waals surface area contributed by atoms with Crippen molar-refractivity contribution in [3.63, 3.8) is 0 Å². The molecule has 0 saturated carbocycles. The molecular formula is C21H38S. The van der Waals surface area contributed by atoms with Gasteiger partial charge in [-0.05, 0) is 69.1 Å². The number of hydrogen-bond donors (Lipinski definition) is 1. The minimum absolute atomic E-state index is 0.503. The van der Waals surface area contributed by atoms with Crippen LogP contribution >= 0.6 is 12.6 Å². The van der Waals surface area contributed by atoms with E-state index in [-0.39, 0.29) is 0 Å². The first-order valence-electron chi connectivity index (χ1n) is 9.16. The van der Waals surface area contributed by atoms with Gasteiger partial charge in [0.2, 0.25) is 0 Å². The molecule has 0 spiro atoms. The minimum atomic E-state index is 0.503. The Morgan fingerprint density at radius 3 is 2.14 bits per heavy atom. The molecule has 2 aliphatic carbocycles. The van der Waals surface area contributed by atoms with Crippen LogP contribution in [-0.4, -0.2) is 5.25 Å². The Kier molecular flexibility index (Phi) is 7.79. The fourth-order valence-electron chi connectivity index (χ4n) is 3.41. The van der Waals surface area contributed by atoms with E-state index in [2.05, 4.69) is 73.2 Å². The number of thiol groups is 1. The van der Waals surface area contributed by atoms with Crippen molar-refractivity contribution in [2.75, 3.05) is 0 Å². The summed E-state index contributed by atoms with van der Waals surface area (Å²) in [7, 11) is 0. The summed E-state index contributed by atoms with van der Waals surface area (Å²) >= 11 is 4.58. The standard InChI is InChI=1S/C11H20.C10H18S/c1-9(2)11(4)7-5-10(3)6-8-11;1-7(2)9-5-4-8(3)6-10(9)11/h5,9H,6-8H2,1-4H3;6-7,9-11H,4-5H2,1-3H3. The van der Waals surface area contributed by atoms with Crippen LogP contribution in [0.5, 0.6) is 0 Å². The summed E-state index contributed by atoms with van der Waals surface area (Å²) in [5.74, 6) is 2.40. The molecule has 0 aromatic carbocycles. The highest BCUT2D eigenvalue weighted by Gasteiger charge is 2.28. The summed E-state index contributed by atoms with van der Waals surface area (Å²) in [4.78, 5) is 0. The average molecular weight is 323 g/mol. The molecule has 1 heteroatoms. The van der Waals surface area contributed by atoms with E-state index < -0.39 is 0 Å². The molecular weight excluding hydrogens is 284 g/mol. The Balaban J connectivity index is 0.000000220. The number of rotatable bonds is 2. The number of allylic oxidation sites excluding steroid dienone is 3. The van der Waals surface area contributed by atoms with Gasteiger partial charge in [0.15, 0.2) is 0 Å². The van der Waals surface area contributed by atoms with Gasteiger partial charge in [-0.3, -0.25) is 0 Å². The second-order valence-electron chi connectivity index (χ2n) is 8.51. The van der Waals surface area contributed by atoms with Crippen molar-refractivity contribution in [2.45, 2.75) is 85.8 Å². The van der Waals surface area contributed by atoms with Crippen molar-refractivity contribution >= 4 is 12.6 Å². The summed E-state index contributed by atoms with van der Waals surface area (Å²) in [6, 6.07) is 0. The zero-order chi connectivity index (χ0) is 16.9. The molecule has 0 saturated heterocycles. The van der Waals surface area contributed by atoms with E-state index in [9.17, 15) is 0 Å². The van der Waals surface area contributed by atoms with Crippen molar-refractivity contribution in [3.05, 3.63) is 23.3 Å². The lowest BCUT2D eigenvalue weighted by Crippen LogP contribution is -2.25. The Labute approximate surface area is 145 Å². The van der Waals surface area contributed by atoms with Crippen molar-refractivity contribution in [1.82, 2.24) is 0 Å². The normalized spacial score (nSPS) is 32.3. The lowest BCUT2D eigenvalue weighted by atomic mass is 9.69. The third-order valence-corrected chi connectivity index (χ3v) is 6.56. The van der Waals surface area contributed by atoms with Gasteiger partial charge in [0, 0.05) is 5.25 Å². The quantitative estimate of drug-likeness (QED) is 0.407. The molecule has 128 valence electrons. The lowest BCUT2D eigenvalue weighted by molar-refractivity contribution is 0.193. The molecule has 2 aliphatic rings. The molecule has 22 heavy (non-hydrogen) atoms. The second kappa shape index (κ2) is 8.62. The molecule has 0 aromatic heterocycles. The molecule has 0 aromatic rings. The topological polar surface area (TPSA) is 0 Å². The van der Waals surface area contributed by atoms with Crippen LogP contribution in [0, 0.1) is 23.2 Å². The first-order valence-corrected chi connectivity index (χ1v) is 9.68. The van der Waals surface area contributed by atoms with Crippen LogP contribution in [-0.2, 0) is 0 Å². The van der Waals surface area contributed by atoms with Crippen molar-refractivity contribution in [2.24, 2.45) is 23.2 Å². The Morgan fingerprint density at radius 1 is 1.09 bits per heavy atom. The van der Waals surface area contributed by atoms with E-state index in [1.54, 1.807) is 5.57 Å². The smallest absolute Gasteiger partial charge is 0.0230 e. The largest absolute Gasteiger partial charge is 0.171 e. The van der Waals surface area contributed by atoms with E-state index in [1.165, 1.54) is 37.7 Å². The third-order valence-electron chi connectivity index (χ3n) is 6.02. The third kappa shape index (κ3) is 5.80. The van der Waals surface area contributed by atoms with Gasteiger partial charge in [0.1, 0.15) is 0 Å². The predicted octanol–water partition coefficient (Wildman–Crippen LogP) is 7.08. The SMILES string of the molecule is CC1=CC(S)C(C(C)C)CC1.CC1=CCC(C)(C(C)C)CC1. The van der Waals surface area contributed by atoms with E-state index in [1.807, 2.05) is 0 Å². The molecule has 2 rings (SSSR count). The van der Waals surface area contributed by atoms with Crippen LogP contribution in [0.25, 0.3) is 0 Å². The molecule has 0 heterocycles. The van der Waals surface area contributed by atoms with Gasteiger partial charge < -0.3 is 0 Å². The van der Waals surface area contributed by atoms with Crippen LogP contribution < -0.4 is 0 Å². The average Bonchev–Trinajstić information content (AvgIpc) is 2.42. The van der Waals surface area contributed by atoms with Crippen molar-refractivity contribution in [1.29, 1.82) is 0 Å². The summed E-state index contributed by atoms with van der Waals surface area (Å²) in [5, 5.41) is 0.503. The van der Waals surface area contributed by atoms with E-state index >= 15 is 0 Å². The highest BCUT2D eigenvalue weighted by Crippen LogP contribution is 2.40. The van der Waals surface area contributed by atoms with Crippen LogP contribution in [0.4, 0.5) is 0 Å². The molecule has 0 nitrogen and oxygen atoms in total. The van der Waals surface area contributed by atoms with Gasteiger partial charge in [0.25, 0.3) is 0 Å². The first kappa shape index (κ1) is 19.9. The van der Waals surface area contributed by atoms with Gasteiger partial charge >= 0.3 is 0 Å². The van der Waals surface area contributed by atoms with E-state index in [4.69, 9.17) is 0 Å². The van der Waals surface area contributed by atoms with Crippen LogP contribution in [0.15, 0.2) is 23.3 Å². The Morgan fingerprint density at radius 2 is 1.73 bits per heavy atom. The highest BCUT2D eigenvalue weighted by atomic mass is 32.1. The summed E-state index contributed by atoms with van der Waals surface area (Å²) in [5.41, 5.74) is 3.68. The summed E-state index contributed by atoms with van der Waals surface area (Å²) < 4.78 is 0. The predicted molar refractivity (Wildman–Crippen MR) is 105 cm³/mol. The maximum absolute atomic E-state index is 4.58. The van der Waals surface area contributed by atoms with E-state index in [0.29, 0.717) is 10.7 Å². The zero-order valence-electron chi connectivity index (χ0n) is 15.9. The molecule has 0 bridgehead atoms. The molecule has 0 aliphatic heterocycles. The maximum Gasteiger partial charge on any atom is 0.0230 e. The fourth-order valence-corrected chi connectivity index (χ4v) is 4.16. The maximum atomic E-state index is 4.58. The van der Waals surface area contributed by atoms with Crippen molar-refractivity contribution in [3.8, 4) is 0 Å². The summed E-state index contributed by atoms with van der Waals surface area (Å²) in [6.45, 7) is 16.1. The molecule has 0 amide bonds. The van der Waals surface area contributed by atoms with Crippen LogP contribution in [0.3, 0.4) is 0 Å². The zero-order valence-corrected chi connectivity index (χ0v) is 16.8. The Hall–Kier alpha value is -0.170. The van der Waals surface area contributed by atoms with Gasteiger partial charge in [-0.1, -0.05) is 57.9 Å². The lowest BCUT2D eigenvalue weighted by Gasteiger charge is -2.36. The van der Waals surface area contributed by atoms with Crippen LogP contribution in [0.2, 0.25) is 0 Å². The van der Waals surface area contributed by atoms with Gasteiger partial charge in [-0.2, -0.15) is 12.6 Å². The molecule has 3 atom stereocenters.